The summed E-state index contributed by atoms with van der Waals surface area (Å²) in [6, 6.07) is 22.5. The van der Waals surface area contributed by atoms with Crippen molar-refractivity contribution in [2.24, 2.45) is 5.92 Å². The molecule has 0 aliphatic carbocycles. The fourth-order valence-electron chi connectivity index (χ4n) is 2.95. The second kappa shape index (κ2) is 12.9. The van der Waals surface area contributed by atoms with E-state index in [1.54, 1.807) is 30.3 Å². The number of halogens is 1. The first-order chi connectivity index (χ1) is 16.8. The molecule has 3 aromatic rings. The fraction of sp³-hybridized carbons (Fsp3) is 0.192. The van der Waals surface area contributed by atoms with Crippen molar-refractivity contribution in [1.29, 1.82) is 0 Å². The van der Waals surface area contributed by atoms with E-state index >= 15 is 0 Å². The highest BCUT2D eigenvalue weighted by atomic mass is 79.9. The second-order valence-electron chi connectivity index (χ2n) is 7.98. The van der Waals surface area contributed by atoms with Crippen LogP contribution in [0.3, 0.4) is 0 Å². The van der Waals surface area contributed by atoms with Gasteiger partial charge >= 0.3 is 0 Å². The Morgan fingerprint density at radius 1 is 0.914 bits per heavy atom. The van der Waals surface area contributed by atoms with E-state index in [1.807, 2.05) is 56.3 Å². The summed E-state index contributed by atoms with van der Waals surface area (Å²) in [7, 11) is 0. The maximum absolute atomic E-state index is 12.7. The number of thiocarbonyl (C=S) groups is 1. The molecule has 0 bridgehead atoms. The van der Waals surface area contributed by atoms with Gasteiger partial charge in [-0.1, -0.05) is 72.2 Å². The number of benzene rings is 3. The molecular formula is C26H26BrN3O4S. The first-order valence-corrected chi connectivity index (χ1v) is 12.1. The number of hydrazine groups is 1. The van der Waals surface area contributed by atoms with Gasteiger partial charge < -0.3 is 9.47 Å². The lowest BCUT2D eigenvalue weighted by molar-refractivity contribution is -0.123. The Balaban J connectivity index is 1.45. The van der Waals surface area contributed by atoms with Crippen molar-refractivity contribution in [2.45, 2.75) is 13.8 Å². The van der Waals surface area contributed by atoms with Crippen LogP contribution in [0.5, 0.6) is 11.5 Å². The van der Waals surface area contributed by atoms with Crippen molar-refractivity contribution in [1.82, 2.24) is 16.2 Å². The molecule has 3 N–H and O–H groups in total. The Labute approximate surface area is 218 Å². The van der Waals surface area contributed by atoms with E-state index in [-0.39, 0.29) is 11.7 Å². The highest BCUT2D eigenvalue weighted by Gasteiger charge is 2.15. The number of carbonyl (C=O) groups excluding carboxylic acids is 2. The van der Waals surface area contributed by atoms with E-state index in [1.165, 1.54) is 0 Å². The van der Waals surface area contributed by atoms with Crippen LogP contribution in [-0.4, -0.2) is 30.1 Å². The summed E-state index contributed by atoms with van der Waals surface area (Å²) >= 11 is 8.48. The molecule has 0 spiro atoms. The normalized spacial score (nSPS) is 10.4. The monoisotopic (exact) mass is 555 g/mol. The Hall–Kier alpha value is -3.43. The summed E-state index contributed by atoms with van der Waals surface area (Å²) in [6.07, 6.45) is 0. The minimum absolute atomic E-state index is 0.0645. The van der Waals surface area contributed by atoms with Gasteiger partial charge in [-0.3, -0.25) is 25.8 Å². The van der Waals surface area contributed by atoms with Crippen molar-refractivity contribution < 1.29 is 19.1 Å². The summed E-state index contributed by atoms with van der Waals surface area (Å²) in [5.41, 5.74) is 7.37. The van der Waals surface area contributed by atoms with Crippen LogP contribution in [0.1, 0.15) is 24.2 Å². The van der Waals surface area contributed by atoms with Crippen LogP contribution >= 0.6 is 28.1 Å². The van der Waals surface area contributed by atoms with E-state index in [0.717, 1.165) is 15.6 Å². The Bertz CT molecular complexity index is 1170. The van der Waals surface area contributed by atoms with Crippen LogP contribution in [0, 0.1) is 5.92 Å². The molecule has 0 unspecified atom stereocenters. The maximum Gasteiger partial charge on any atom is 0.276 e. The Kier molecular flexibility index (Phi) is 9.63. The first-order valence-electron chi connectivity index (χ1n) is 10.9. The van der Waals surface area contributed by atoms with E-state index in [0.29, 0.717) is 29.6 Å². The van der Waals surface area contributed by atoms with E-state index in [4.69, 9.17) is 21.7 Å². The fourth-order valence-corrected chi connectivity index (χ4v) is 3.45. The zero-order valence-electron chi connectivity index (χ0n) is 19.3. The standard InChI is InChI=1S/C26H26BrN3O4S/c1-17(2)15-34-23-13-10-20(27)14-22(23)25(32)28-26(35)30-29-24(31)16-33-21-11-8-19(9-12-21)18-6-4-3-5-7-18/h3-14,17H,15-16H2,1-2H3,(H,29,31)(H2,28,30,32,35). The lowest BCUT2D eigenvalue weighted by Crippen LogP contribution is -2.49. The van der Waals surface area contributed by atoms with Crippen LogP contribution in [-0.2, 0) is 4.79 Å². The quantitative estimate of drug-likeness (QED) is 0.271. The highest BCUT2D eigenvalue weighted by molar-refractivity contribution is 9.10. The predicted octanol–water partition coefficient (Wildman–Crippen LogP) is 4.87. The second-order valence-corrected chi connectivity index (χ2v) is 9.30. The molecule has 0 heterocycles. The smallest absolute Gasteiger partial charge is 0.276 e. The van der Waals surface area contributed by atoms with Gasteiger partial charge in [0.25, 0.3) is 11.8 Å². The molecule has 182 valence electrons. The molecule has 0 aliphatic heterocycles. The average molecular weight is 556 g/mol. The third-order valence-corrected chi connectivity index (χ3v) is 5.33. The molecule has 35 heavy (non-hydrogen) atoms. The molecule has 0 saturated heterocycles. The van der Waals surface area contributed by atoms with Crippen molar-refractivity contribution in [3.8, 4) is 22.6 Å². The molecule has 0 saturated carbocycles. The summed E-state index contributed by atoms with van der Waals surface area (Å²) in [6.45, 7) is 4.27. The number of hydrogen-bond donors (Lipinski definition) is 3. The van der Waals surface area contributed by atoms with Crippen LogP contribution < -0.4 is 25.6 Å². The zero-order chi connectivity index (χ0) is 25.2. The molecule has 0 fully saturated rings. The molecule has 3 rings (SSSR count). The largest absolute Gasteiger partial charge is 0.492 e. The van der Waals surface area contributed by atoms with Gasteiger partial charge in [0.05, 0.1) is 12.2 Å². The molecular weight excluding hydrogens is 530 g/mol. The van der Waals surface area contributed by atoms with Gasteiger partial charge in [0, 0.05) is 4.47 Å². The van der Waals surface area contributed by atoms with Crippen molar-refractivity contribution in [3.63, 3.8) is 0 Å². The van der Waals surface area contributed by atoms with E-state index in [9.17, 15) is 9.59 Å². The maximum atomic E-state index is 12.7. The van der Waals surface area contributed by atoms with Gasteiger partial charge in [0.15, 0.2) is 11.7 Å². The predicted molar refractivity (Wildman–Crippen MR) is 143 cm³/mol. The number of nitrogens with one attached hydrogen (secondary N) is 3. The number of carbonyl (C=O) groups is 2. The molecule has 7 nitrogen and oxygen atoms in total. The molecule has 0 radical (unpaired) electrons. The van der Waals surface area contributed by atoms with Crippen molar-refractivity contribution in [2.75, 3.05) is 13.2 Å². The molecule has 3 aromatic carbocycles. The third kappa shape index (κ3) is 8.38. The van der Waals surface area contributed by atoms with E-state index in [2.05, 4.69) is 32.1 Å². The molecule has 0 atom stereocenters. The zero-order valence-corrected chi connectivity index (χ0v) is 21.7. The molecule has 2 amide bonds. The summed E-state index contributed by atoms with van der Waals surface area (Å²) < 4.78 is 12.0. The topological polar surface area (TPSA) is 88.7 Å². The number of hydrogen-bond acceptors (Lipinski definition) is 5. The van der Waals surface area contributed by atoms with Crippen molar-refractivity contribution in [3.05, 3.63) is 82.8 Å². The van der Waals surface area contributed by atoms with E-state index < -0.39 is 11.8 Å². The number of ether oxygens (including phenoxy) is 2. The van der Waals surface area contributed by atoms with Gasteiger partial charge in [0.1, 0.15) is 11.5 Å². The average Bonchev–Trinajstić information content (AvgIpc) is 2.86. The first kappa shape index (κ1) is 26.2. The Morgan fingerprint density at radius 3 is 2.29 bits per heavy atom. The van der Waals surface area contributed by atoms with Gasteiger partial charge in [0.2, 0.25) is 0 Å². The summed E-state index contributed by atoms with van der Waals surface area (Å²) in [4.78, 5) is 24.8. The Morgan fingerprint density at radius 2 is 1.60 bits per heavy atom. The molecule has 0 aromatic heterocycles. The van der Waals surface area contributed by atoms with Gasteiger partial charge in [-0.25, -0.2) is 0 Å². The summed E-state index contributed by atoms with van der Waals surface area (Å²) in [5.74, 6) is 0.373. The molecule has 0 aliphatic rings. The SMILES string of the molecule is CC(C)COc1ccc(Br)cc1C(=O)NC(=S)NNC(=O)COc1ccc(-c2ccccc2)cc1. The third-order valence-electron chi connectivity index (χ3n) is 4.63. The minimum Gasteiger partial charge on any atom is -0.492 e. The minimum atomic E-state index is -0.466. The number of amides is 2. The molecule has 9 heteroatoms. The lowest BCUT2D eigenvalue weighted by Gasteiger charge is -2.15. The van der Waals surface area contributed by atoms with Crippen molar-refractivity contribution >= 4 is 45.1 Å². The number of rotatable bonds is 8. The van der Waals surface area contributed by atoms with Gasteiger partial charge in [-0.05, 0) is 59.6 Å². The highest BCUT2D eigenvalue weighted by Crippen LogP contribution is 2.24. The van der Waals surface area contributed by atoms with Crippen LogP contribution in [0.25, 0.3) is 11.1 Å². The van der Waals surface area contributed by atoms with Crippen LogP contribution in [0.4, 0.5) is 0 Å². The lowest BCUT2D eigenvalue weighted by atomic mass is 10.1. The summed E-state index contributed by atoms with van der Waals surface area (Å²) in [5, 5.41) is 2.46. The van der Waals surface area contributed by atoms with Gasteiger partial charge in [-0.2, -0.15) is 0 Å². The van der Waals surface area contributed by atoms with Crippen LogP contribution in [0.2, 0.25) is 0 Å². The van der Waals surface area contributed by atoms with Gasteiger partial charge in [-0.15, -0.1) is 0 Å². The van der Waals surface area contributed by atoms with Crippen LogP contribution in [0.15, 0.2) is 77.3 Å².